The molecule has 0 aromatic rings. The van der Waals surface area contributed by atoms with E-state index in [1.165, 1.54) is 0 Å². The molecule has 0 aromatic heterocycles. The van der Waals surface area contributed by atoms with Gasteiger partial charge >= 0.3 is 7.60 Å². The van der Waals surface area contributed by atoms with Crippen LogP contribution in [0.25, 0.3) is 0 Å². The highest BCUT2D eigenvalue weighted by Crippen LogP contribution is 2.36. The van der Waals surface area contributed by atoms with Gasteiger partial charge in [0.25, 0.3) is 0 Å². The van der Waals surface area contributed by atoms with Crippen molar-refractivity contribution in [3.63, 3.8) is 0 Å². The van der Waals surface area contributed by atoms with E-state index in [1.54, 1.807) is 4.90 Å². The van der Waals surface area contributed by atoms with Crippen molar-refractivity contribution < 1.29 is 14.4 Å². The van der Waals surface area contributed by atoms with Crippen LogP contribution in [-0.2, 0) is 4.57 Å². The molecule has 48 valence electrons. The van der Waals surface area contributed by atoms with E-state index in [1.807, 2.05) is 0 Å². The summed E-state index contributed by atoms with van der Waals surface area (Å²) in [7, 11) is -3.73. The van der Waals surface area contributed by atoms with Crippen LogP contribution < -0.4 is 0 Å². The Labute approximate surface area is 47.3 Å². The molecular formula is C3H8NO3P. The Morgan fingerprint density at radius 2 is 2.00 bits per heavy atom. The van der Waals surface area contributed by atoms with Gasteiger partial charge in [0.05, 0.1) is 0 Å². The topological polar surface area (TPSA) is 60.5 Å². The number of rotatable bonds is 2. The first kappa shape index (κ1) is 6.23. The minimum absolute atomic E-state index is 0.0625. The van der Waals surface area contributed by atoms with Crippen molar-refractivity contribution in [1.29, 1.82) is 0 Å². The minimum atomic E-state index is -3.73. The van der Waals surface area contributed by atoms with E-state index >= 15 is 0 Å². The summed E-state index contributed by atoms with van der Waals surface area (Å²) in [5.74, 6) is 0. The molecule has 1 aliphatic rings. The van der Waals surface area contributed by atoms with Crippen molar-refractivity contribution in [3.05, 3.63) is 0 Å². The second kappa shape index (κ2) is 1.81. The molecule has 2 N–H and O–H groups in total. The van der Waals surface area contributed by atoms with Crippen LogP contribution in [0.15, 0.2) is 0 Å². The summed E-state index contributed by atoms with van der Waals surface area (Å²) < 4.78 is 10.1. The van der Waals surface area contributed by atoms with Crippen molar-refractivity contribution in [1.82, 2.24) is 4.90 Å². The molecule has 1 saturated heterocycles. The van der Waals surface area contributed by atoms with Crippen molar-refractivity contribution in [2.45, 2.75) is 0 Å². The standard InChI is InChI=1S/C3H8NO3P/c5-8(6,7)3-4-1-2-4/h1-3H2,(H2,5,6,7). The first-order chi connectivity index (χ1) is 3.58. The molecule has 0 aromatic carbocycles. The minimum Gasteiger partial charge on any atom is -0.324 e. The van der Waals surface area contributed by atoms with E-state index in [0.29, 0.717) is 0 Å². The monoisotopic (exact) mass is 137 g/mol. The Bertz CT molecular complexity index is 126. The van der Waals surface area contributed by atoms with Crippen molar-refractivity contribution in [2.75, 3.05) is 19.4 Å². The molecule has 0 spiro atoms. The molecule has 5 heteroatoms. The lowest BCUT2D eigenvalue weighted by atomic mass is 11.0. The van der Waals surface area contributed by atoms with Gasteiger partial charge < -0.3 is 9.79 Å². The third-order valence-corrected chi connectivity index (χ3v) is 1.69. The summed E-state index contributed by atoms with van der Waals surface area (Å²) in [5.41, 5.74) is 0. The van der Waals surface area contributed by atoms with Gasteiger partial charge in [-0.2, -0.15) is 0 Å². The summed E-state index contributed by atoms with van der Waals surface area (Å²) in [4.78, 5) is 18.3. The third-order valence-electron chi connectivity index (χ3n) is 0.924. The van der Waals surface area contributed by atoms with Crippen LogP contribution in [0.2, 0.25) is 0 Å². The second-order valence-corrected chi connectivity index (χ2v) is 3.54. The lowest BCUT2D eigenvalue weighted by molar-refractivity contribution is 0.358. The molecule has 0 radical (unpaired) electrons. The fourth-order valence-corrected chi connectivity index (χ4v) is 1.28. The normalized spacial score (nSPS) is 21.2. The van der Waals surface area contributed by atoms with E-state index in [0.717, 1.165) is 13.1 Å². The van der Waals surface area contributed by atoms with Gasteiger partial charge in [0.2, 0.25) is 0 Å². The summed E-state index contributed by atoms with van der Waals surface area (Å²) in [5, 5.41) is 0. The lowest BCUT2D eigenvalue weighted by Gasteiger charge is -2.00. The molecule has 1 rings (SSSR count). The average Bonchev–Trinajstić information content (AvgIpc) is 2.12. The number of hydrogen-bond acceptors (Lipinski definition) is 2. The number of nitrogens with zero attached hydrogens (tertiary/aromatic N) is 1. The maximum absolute atomic E-state index is 10.1. The predicted molar refractivity (Wildman–Crippen MR) is 28.5 cm³/mol. The Kier molecular flexibility index (Phi) is 1.41. The molecule has 0 unspecified atom stereocenters. The van der Waals surface area contributed by atoms with E-state index in [9.17, 15) is 4.57 Å². The van der Waals surface area contributed by atoms with Crippen LogP contribution in [0.4, 0.5) is 0 Å². The zero-order valence-electron chi connectivity index (χ0n) is 4.32. The molecule has 0 atom stereocenters. The van der Waals surface area contributed by atoms with Crippen LogP contribution in [0.1, 0.15) is 0 Å². The van der Waals surface area contributed by atoms with Gasteiger partial charge in [-0.05, 0) is 0 Å². The second-order valence-electron chi connectivity index (χ2n) is 1.92. The molecule has 4 nitrogen and oxygen atoms in total. The first-order valence-corrected chi connectivity index (χ1v) is 4.15. The molecule has 1 heterocycles. The summed E-state index contributed by atoms with van der Waals surface area (Å²) >= 11 is 0. The van der Waals surface area contributed by atoms with E-state index in [4.69, 9.17) is 9.79 Å². The molecule has 0 saturated carbocycles. The van der Waals surface area contributed by atoms with Crippen LogP contribution in [0, 0.1) is 0 Å². The van der Waals surface area contributed by atoms with E-state index in [2.05, 4.69) is 0 Å². The molecule has 1 fully saturated rings. The Morgan fingerprint density at radius 1 is 1.50 bits per heavy atom. The Balaban J connectivity index is 2.26. The predicted octanol–water partition coefficient (Wildman–Crippen LogP) is -0.563. The molecule has 8 heavy (non-hydrogen) atoms. The van der Waals surface area contributed by atoms with E-state index in [-0.39, 0.29) is 6.29 Å². The highest BCUT2D eigenvalue weighted by molar-refractivity contribution is 7.51. The first-order valence-electron chi connectivity index (χ1n) is 2.35. The van der Waals surface area contributed by atoms with Crippen molar-refractivity contribution in [2.24, 2.45) is 0 Å². The van der Waals surface area contributed by atoms with Gasteiger partial charge in [-0.1, -0.05) is 0 Å². The van der Waals surface area contributed by atoms with Crippen LogP contribution in [0.5, 0.6) is 0 Å². The van der Waals surface area contributed by atoms with Gasteiger partial charge in [-0.25, -0.2) is 0 Å². The van der Waals surface area contributed by atoms with Gasteiger partial charge in [-0.15, -0.1) is 0 Å². The van der Waals surface area contributed by atoms with Crippen LogP contribution in [-0.4, -0.2) is 34.1 Å². The number of hydrogen-bond donors (Lipinski definition) is 2. The Morgan fingerprint density at radius 3 is 2.12 bits per heavy atom. The maximum Gasteiger partial charge on any atom is 0.339 e. The summed E-state index contributed by atoms with van der Waals surface area (Å²) in [6, 6.07) is 0. The fourth-order valence-electron chi connectivity index (χ4n) is 0.473. The largest absolute Gasteiger partial charge is 0.339 e. The van der Waals surface area contributed by atoms with Crippen molar-refractivity contribution in [3.8, 4) is 0 Å². The SMILES string of the molecule is O=P(O)(O)CN1CC1. The zero-order valence-corrected chi connectivity index (χ0v) is 5.21. The Hall–Kier alpha value is 0.110. The quantitative estimate of drug-likeness (QED) is 0.395. The van der Waals surface area contributed by atoms with Crippen molar-refractivity contribution >= 4 is 7.60 Å². The van der Waals surface area contributed by atoms with Crippen LogP contribution >= 0.6 is 7.60 Å². The molecular weight excluding hydrogens is 129 g/mol. The van der Waals surface area contributed by atoms with Gasteiger partial charge in [-0.3, -0.25) is 9.46 Å². The average molecular weight is 137 g/mol. The summed E-state index contributed by atoms with van der Waals surface area (Å²) in [6.45, 7) is 1.68. The molecule has 1 aliphatic heterocycles. The summed E-state index contributed by atoms with van der Waals surface area (Å²) in [6.07, 6.45) is -0.0625. The molecule has 0 bridgehead atoms. The molecule has 0 aliphatic carbocycles. The van der Waals surface area contributed by atoms with Crippen LogP contribution in [0.3, 0.4) is 0 Å². The third kappa shape index (κ3) is 2.43. The van der Waals surface area contributed by atoms with E-state index < -0.39 is 7.60 Å². The molecule has 0 amide bonds. The van der Waals surface area contributed by atoms with Gasteiger partial charge in [0.1, 0.15) is 6.29 Å². The van der Waals surface area contributed by atoms with Gasteiger partial charge in [0, 0.05) is 13.1 Å². The maximum atomic E-state index is 10.1. The zero-order chi connectivity index (χ0) is 6.20. The smallest absolute Gasteiger partial charge is 0.324 e. The van der Waals surface area contributed by atoms with Gasteiger partial charge in [0.15, 0.2) is 0 Å². The fraction of sp³-hybridized carbons (Fsp3) is 1.00. The highest BCUT2D eigenvalue weighted by atomic mass is 31.2. The lowest BCUT2D eigenvalue weighted by Crippen LogP contribution is -1.98. The highest BCUT2D eigenvalue weighted by Gasteiger charge is 2.25.